The first-order valence-corrected chi connectivity index (χ1v) is 7.83. The van der Waals surface area contributed by atoms with Crippen molar-refractivity contribution in [3.8, 4) is 0 Å². The highest BCUT2D eigenvalue weighted by molar-refractivity contribution is 5.77. The predicted molar refractivity (Wildman–Crippen MR) is 73.8 cm³/mol. The minimum Gasteiger partial charge on any atom is -0.393 e. The molecule has 19 heavy (non-hydrogen) atoms. The molecule has 0 heterocycles. The number of aliphatic hydroxyl groups is 1. The van der Waals surface area contributed by atoms with Gasteiger partial charge in [0, 0.05) is 6.04 Å². The quantitative estimate of drug-likeness (QED) is 0.769. The highest BCUT2D eigenvalue weighted by atomic mass is 16.5. The van der Waals surface area contributed by atoms with E-state index >= 15 is 0 Å². The standard InChI is InChI=1S/C15H27NO3/c17-13-7-9-14(10-8-13)19-11-15(18)16-12-5-3-1-2-4-6-12/h12-14,17H,1-11H2,(H,16,18). The zero-order chi connectivity index (χ0) is 13.5. The summed E-state index contributed by atoms with van der Waals surface area (Å²) in [7, 11) is 0. The van der Waals surface area contributed by atoms with Crippen LogP contribution in [0.5, 0.6) is 0 Å². The Labute approximate surface area is 115 Å². The molecule has 0 atom stereocenters. The summed E-state index contributed by atoms with van der Waals surface area (Å²) in [6.45, 7) is 0.178. The number of hydrogen-bond donors (Lipinski definition) is 2. The van der Waals surface area contributed by atoms with Gasteiger partial charge in [-0.05, 0) is 38.5 Å². The second-order valence-corrected chi connectivity index (χ2v) is 6.00. The van der Waals surface area contributed by atoms with Crippen LogP contribution in [0.25, 0.3) is 0 Å². The molecule has 0 spiro atoms. The van der Waals surface area contributed by atoms with Gasteiger partial charge in [-0.15, -0.1) is 0 Å². The molecule has 0 bridgehead atoms. The summed E-state index contributed by atoms with van der Waals surface area (Å²) in [5, 5.41) is 12.5. The Hall–Kier alpha value is -0.610. The van der Waals surface area contributed by atoms with Gasteiger partial charge in [-0.3, -0.25) is 4.79 Å². The topological polar surface area (TPSA) is 58.6 Å². The van der Waals surface area contributed by atoms with E-state index in [0.29, 0.717) is 6.04 Å². The maximum Gasteiger partial charge on any atom is 0.246 e. The van der Waals surface area contributed by atoms with Gasteiger partial charge in [0.05, 0.1) is 12.2 Å². The molecule has 1 amide bonds. The third kappa shape index (κ3) is 5.49. The van der Waals surface area contributed by atoms with Gasteiger partial charge < -0.3 is 15.2 Å². The van der Waals surface area contributed by atoms with Gasteiger partial charge in [0.2, 0.25) is 5.91 Å². The smallest absolute Gasteiger partial charge is 0.246 e. The van der Waals surface area contributed by atoms with Crippen LogP contribution in [-0.4, -0.2) is 35.9 Å². The van der Waals surface area contributed by atoms with Crippen LogP contribution < -0.4 is 5.32 Å². The Balaban J connectivity index is 1.61. The first-order chi connectivity index (χ1) is 9.24. The number of carbonyl (C=O) groups excluding carboxylic acids is 1. The minimum atomic E-state index is -0.167. The molecule has 0 aliphatic heterocycles. The molecule has 0 saturated heterocycles. The van der Waals surface area contributed by atoms with Crippen molar-refractivity contribution in [1.29, 1.82) is 0 Å². The summed E-state index contributed by atoms with van der Waals surface area (Å²) in [6.07, 6.45) is 10.6. The van der Waals surface area contributed by atoms with Crippen LogP contribution in [0.2, 0.25) is 0 Å². The second kappa shape index (κ2) is 7.85. The Morgan fingerprint density at radius 1 is 1.00 bits per heavy atom. The highest BCUT2D eigenvalue weighted by Gasteiger charge is 2.21. The first-order valence-electron chi connectivity index (χ1n) is 7.83. The monoisotopic (exact) mass is 269 g/mol. The van der Waals surface area contributed by atoms with E-state index in [1.54, 1.807) is 0 Å². The molecule has 2 saturated carbocycles. The van der Waals surface area contributed by atoms with Crippen molar-refractivity contribution in [2.75, 3.05) is 6.61 Å². The molecule has 0 aromatic carbocycles. The number of ether oxygens (including phenoxy) is 1. The lowest BCUT2D eigenvalue weighted by molar-refractivity contribution is -0.129. The lowest BCUT2D eigenvalue weighted by Crippen LogP contribution is -2.38. The van der Waals surface area contributed by atoms with E-state index in [-0.39, 0.29) is 24.7 Å². The predicted octanol–water partition coefficient (Wildman–Crippen LogP) is 2.15. The van der Waals surface area contributed by atoms with Crippen molar-refractivity contribution >= 4 is 5.91 Å². The summed E-state index contributed by atoms with van der Waals surface area (Å²) < 4.78 is 5.64. The van der Waals surface area contributed by atoms with Gasteiger partial charge in [0.15, 0.2) is 0 Å². The van der Waals surface area contributed by atoms with Crippen molar-refractivity contribution in [2.24, 2.45) is 0 Å². The SMILES string of the molecule is O=C(COC1CCC(O)CC1)NC1CCCCCC1. The summed E-state index contributed by atoms with van der Waals surface area (Å²) in [5.41, 5.74) is 0. The van der Waals surface area contributed by atoms with E-state index in [1.807, 2.05) is 0 Å². The molecule has 4 heteroatoms. The molecule has 0 aromatic heterocycles. The van der Waals surface area contributed by atoms with Crippen molar-refractivity contribution in [1.82, 2.24) is 5.32 Å². The molecule has 0 aromatic rings. The van der Waals surface area contributed by atoms with E-state index in [4.69, 9.17) is 4.74 Å². The Morgan fingerprint density at radius 3 is 2.26 bits per heavy atom. The zero-order valence-corrected chi connectivity index (χ0v) is 11.8. The van der Waals surface area contributed by atoms with Gasteiger partial charge in [-0.1, -0.05) is 25.7 Å². The summed E-state index contributed by atoms with van der Waals surface area (Å²) >= 11 is 0. The number of nitrogens with one attached hydrogen (secondary N) is 1. The highest BCUT2D eigenvalue weighted by Crippen LogP contribution is 2.21. The van der Waals surface area contributed by atoms with Crippen LogP contribution in [0.1, 0.15) is 64.2 Å². The van der Waals surface area contributed by atoms with Crippen LogP contribution in [0.4, 0.5) is 0 Å². The average molecular weight is 269 g/mol. The lowest BCUT2D eigenvalue weighted by Gasteiger charge is -2.25. The summed E-state index contributed by atoms with van der Waals surface area (Å²) in [4.78, 5) is 11.8. The zero-order valence-electron chi connectivity index (χ0n) is 11.8. The van der Waals surface area contributed by atoms with Crippen molar-refractivity contribution in [3.05, 3.63) is 0 Å². The molecule has 2 aliphatic carbocycles. The van der Waals surface area contributed by atoms with Crippen molar-refractivity contribution in [2.45, 2.75) is 82.5 Å². The molecule has 2 rings (SSSR count). The third-order valence-corrected chi connectivity index (χ3v) is 4.31. The van der Waals surface area contributed by atoms with E-state index in [0.717, 1.165) is 38.5 Å². The largest absolute Gasteiger partial charge is 0.393 e. The van der Waals surface area contributed by atoms with Gasteiger partial charge >= 0.3 is 0 Å². The fourth-order valence-corrected chi connectivity index (χ4v) is 3.10. The Kier molecular flexibility index (Phi) is 6.11. The summed E-state index contributed by atoms with van der Waals surface area (Å²) in [5.74, 6) is 0.0259. The molecule has 2 aliphatic rings. The molecule has 2 fully saturated rings. The van der Waals surface area contributed by atoms with Crippen LogP contribution in [0.3, 0.4) is 0 Å². The van der Waals surface area contributed by atoms with E-state index in [1.165, 1.54) is 25.7 Å². The average Bonchev–Trinajstić information content (AvgIpc) is 2.67. The Morgan fingerprint density at radius 2 is 1.63 bits per heavy atom. The fourth-order valence-electron chi connectivity index (χ4n) is 3.10. The molecule has 0 radical (unpaired) electrons. The van der Waals surface area contributed by atoms with Gasteiger partial charge in [0.1, 0.15) is 6.61 Å². The van der Waals surface area contributed by atoms with E-state index in [2.05, 4.69) is 5.32 Å². The fraction of sp³-hybridized carbons (Fsp3) is 0.933. The van der Waals surface area contributed by atoms with Crippen LogP contribution >= 0.6 is 0 Å². The van der Waals surface area contributed by atoms with Gasteiger partial charge in [-0.25, -0.2) is 0 Å². The summed E-state index contributed by atoms with van der Waals surface area (Å²) in [6, 6.07) is 0.353. The molecule has 110 valence electrons. The molecular weight excluding hydrogens is 242 g/mol. The lowest BCUT2D eigenvalue weighted by atomic mass is 9.95. The first kappa shape index (κ1) is 14.8. The maximum atomic E-state index is 11.8. The number of hydrogen-bond acceptors (Lipinski definition) is 3. The van der Waals surface area contributed by atoms with Gasteiger partial charge in [0.25, 0.3) is 0 Å². The second-order valence-electron chi connectivity index (χ2n) is 6.00. The van der Waals surface area contributed by atoms with Crippen molar-refractivity contribution in [3.63, 3.8) is 0 Å². The van der Waals surface area contributed by atoms with E-state index in [9.17, 15) is 9.90 Å². The number of amides is 1. The number of carbonyl (C=O) groups is 1. The van der Waals surface area contributed by atoms with Crippen molar-refractivity contribution < 1.29 is 14.6 Å². The Bertz CT molecular complexity index is 267. The normalized spacial score (nSPS) is 29.7. The molecule has 4 nitrogen and oxygen atoms in total. The molecule has 0 unspecified atom stereocenters. The minimum absolute atomic E-state index is 0.0259. The molecule has 2 N–H and O–H groups in total. The van der Waals surface area contributed by atoms with Crippen LogP contribution in [-0.2, 0) is 9.53 Å². The van der Waals surface area contributed by atoms with Crippen LogP contribution in [0.15, 0.2) is 0 Å². The van der Waals surface area contributed by atoms with E-state index < -0.39 is 0 Å². The number of aliphatic hydroxyl groups excluding tert-OH is 1. The van der Waals surface area contributed by atoms with Gasteiger partial charge in [-0.2, -0.15) is 0 Å². The van der Waals surface area contributed by atoms with Crippen LogP contribution in [0, 0.1) is 0 Å². The maximum absolute atomic E-state index is 11.8. The molecular formula is C15H27NO3. The number of rotatable bonds is 4. The third-order valence-electron chi connectivity index (χ3n) is 4.31.